The van der Waals surface area contributed by atoms with Gasteiger partial charge in [0.1, 0.15) is 0 Å². The lowest BCUT2D eigenvalue weighted by Crippen LogP contribution is -2.47. The lowest BCUT2D eigenvalue weighted by Gasteiger charge is -2.36. The summed E-state index contributed by atoms with van der Waals surface area (Å²) in [6.07, 6.45) is -0.155. The van der Waals surface area contributed by atoms with Crippen LogP contribution in [0.5, 0.6) is 5.75 Å². The van der Waals surface area contributed by atoms with Crippen LogP contribution < -0.4 is 9.64 Å². The Kier molecular flexibility index (Phi) is 4.98. The Hall–Kier alpha value is -1.86. The lowest BCUT2D eigenvalue weighted by atomic mass is 10.1. The molecule has 0 amide bonds. The van der Waals surface area contributed by atoms with Crippen molar-refractivity contribution in [2.75, 3.05) is 31.3 Å². The SMILES string of the molecule is CC(C)Oc1cc(N2CCOCC2CO)ccc1[N+](=O)[O-]. The van der Waals surface area contributed by atoms with Crippen LogP contribution in [0.15, 0.2) is 18.2 Å². The minimum Gasteiger partial charge on any atom is -0.484 e. The Labute approximate surface area is 123 Å². The largest absolute Gasteiger partial charge is 0.484 e. The zero-order valence-electron chi connectivity index (χ0n) is 12.2. The molecule has 1 aliphatic rings. The van der Waals surface area contributed by atoms with E-state index in [4.69, 9.17) is 9.47 Å². The summed E-state index contributed by atoms with van der Waals surface area (Å²) >= 11 is 0. The van der Waals surface area contributed by atoms with Gasteiger partial charge in [0.05, 0.1) is 36.9 Å². The van der Waals surface area contributed by atoms with Crippen LogP contribution in [0.25, 0.3) is 0 Å². The van der Waals surface area contributed by atoms with Crippen molar-refractivity contribution in [3.05, 3.63) is 28.3 Å². The highest BCUT2D eigenvalue weighted by Crippen LogP contribution is 2.33. The summed E-state index contributed by atoms with van der Waals surface area (Å²) in [5.74, 6) is 0.246. The highest BCUT2D eigenvalue weighted by Gasteiger charge is 2.25. The molecule has 7 heteroatoms. The van der Waals surface area contributed by atoms with Gasteiger partial charge in [-0.25, -0.2) is 0 Å². The number of aliphatic hydroxyl groups is 1. The van der Waals surface area contributed by atoms with Gasteiger partial charge in [0.25, 0.3) is 0 Å². The summed E-state index contributed by atoms with van der Waals surface area (Å²) in [4.78, 5) is 12.6. The molecule has 1 atom stereocenters. The van der Waals surface area contributed by atoms with Crippen molar-refractivity contribution in [1.29, 1.82) is 0 Å². The summed E-state index contributed by atoms with van der Waals surface area (Å²) in [6.45, 7) is 5.24. The average molecular weight is 296 g/mol. The second kappa shape index (κ2) is 6.73. The van der Waals surface area contributed by atoms with Crippen LogP contribution in [0, 0.1) is 10.1 Å². The second-order valence-corrected chi connectivity index (χ2v) is 5.18. The Morgan fingerprint density at radius 1 is 1.57 bits per heavy atom. The first-order chi connectivity index (χ1) is 10.0. The highest BCUT2D eigenvalue weighted by atomic mass is 16.6. The van der Waals surface area contributed by atoms with Crippen molar-refractivity contribution in [1.82, 2.24) is 0 Å². The van der Waals surface area contributed by atoms with Crippen molar-refractivity contribution >= 4 is 11.4 Å². The van der Waals surface area contributed by atoms with Crippen molar-refractivity contribution in [3.63, 3.8) is 0 Å². The third-order valence-corrected chi connectivity index (χ3v) is 3.27. The predicted molar refractivity (Wildman–Crippen MR) is 77.9 cm³/mol. The third kappa shape index (κ3) is 3.62. The fourth-order valence-corrected chi connectivity index (χ4v) is 2.33. The number of nitro groups is 1. The number of hydrogen-bond acceptors (Lipinski definition) is 6. The number of benzene rings is 1. The molecule has 0 aliphatic carbocycles. The van der Waals surface area contributed by atoms with E-state index in [-0.39, 0.29) is 30.2 Å². The van der Waals surface area contributed by atoms with Gasteiger partial charge in [0.2, 0.25) is 0 Å². The predicted octanol–water partition coefficient (Wildman–Crippen LogP) is 1.58. The Balaban J connectivity index is 2.33. The molecule has 0 saturated carbocycles. The van der Waals surface area contributed by atoms with Gasteiger partial charge in [-0.05, 0) is 19.9 Å². The fourth-order valence-electron chi connectivity index (χ4n) is 2.33. The molecular formula is C14H20N2O5. The van der Waals surface area contributed by atoms with E-state index in [1.165, 1.54) is 6.07 Å². The Morgan fingerprint density at radius 2 is 2.33 bits per heavy atom. The number of nitro benzene ring substituents is 1. The van der Waals surface area contributed by atoms with Crippen molar-refractivity contribution < 1.29 is 19.5 Å². The summed E-state index contributed by atoms with van der Waals surface area (Å²) in [6, 6.07) is 4.63. The standard InChI is InChI=1S/C14H20N2O5/c1-10(2)21-14-7-11(3-4-13(14)16(18)19)15-5-6-20-9-12(15)8-17/h3-4,7,10,12,17H,5-6,8-9H2,1-2H3. The zero-order chi connectivity index (χ0) is 15.4. The van der Waals surface area contributed by atoms with Crippen LogP contribution >= 0.6 is 0 Å². The van der Waals surface area contributed by atoms with Gasteiger partial charge >= 0.3 is 5.69 Å². The molecule has 1 unspecified atom stereocenters. The summed E-state index contributed by atoms with van der Waals surface area (Å²) in [5.41, 5.74) is 0.736. The van der Waals surface area contributed by atoms with Gasteiger partial charge in [0, 0.05) is 24.4 Å². The molecule has 0 aromatic heterocycles. The van der Waals surface area contributed by atoms with Gasteiger partial charge in [-0.1, -0.05) is 0 Å². The maximum atomic E-state index is 11.1. The smallest absolute Gasteiger partial charge is 0.311 e. The number of rotatable bonds is 5. The molecule has 2 rings (SSSR count). The van der Waals surface area contributed by atoms with E-state index in [0.29, 0.717) is 19.8 Å². The molecule has 1 saturated heterocycles. The first-order valence-electron chi connectivity index (χ1n) is 6.93. The molecule has 1 fully saturated rings. The van der Waals surface area contributed by atoms with Crippen LogP contribution in [-0.2, 0) is 4.74 Å². The van der Waals surface area contributed by atoms with Crippen molar-refractivity contribution in [3.8, 4) is 5.75 Å². The molecule has 1 N–H and O–H groups in total. The van der Waals surface area contributed by atoms with Gasteiger partial charge in [-0.2, -0.15) is 0 Å². The van der Waals surface area contributed by atoms with E-state index in [1.54, 1.807) is 12.1 Å². The monoisotopic (exact) mass is 296 g/mol. The minimum absolute atomic E-state index is 0.0304. The number of ether oxygens (including phenoxy) is 2. The molecular weight excluding hydrogens is 276 g/mol. The first-order valence-corrected chi connectivity index (χ1v) is 6.93. The topological polar surface area (TPSA) is 85.1 Å². The first kappa shape index (κ1) is 15.5. The van der Waals surface area contributed by atoms with Crippen molar-refractivity contribution in [2.24, 2.45) is 0 Å². The van der Waals surface area contributed by atoms with Gasteiger partial charge in [0.15, 0.2) is 5.75 Å². The Morgan fingerprint density at radius 3 is 2.95 bits per heavy atom. The van der Waals surface area contributed by atoms with Gasteiger partial charge in [-0.15, -0.1) is 0 Å². The Bertz CT molecular complexity index is 506. The molecule has 116 valence electrons. The zero-order valence-corrected chi connectivity index (χ0v) is 12.2. The van der Waals surface area contributed by atoms with Gasteiger partial charge < -0.3 is 19.5 Å². The molecule has 1 aliphatic heterocycles. The second-order valence-electron chi connectivity index (χ2n) is 5.18. The van der Waals surface area contributed by atoms with E-state index < -0.39 is 4.92 Å². The molecule has 0 spiro atoms. The van der Waals surface area contributed by atoms with Crippen LogP contribution in [-0.4, -0.2) is 48.5 Å². The number of aliphatic hydroxyl groups excluding tert-OH is 1. The van der Waals surface area contributed by atoms with Crippen LogP contribution in [0.4, 0.5) is 11.4 Å². The van der Waals surface area contributed by atoms with Crippen LogP contribution in [0.1, 0.15) is 13.8 Å². The molecule has 0 radical (unpaired) electrons. The lowest BCUT2D eigenvalue weighted by molar-refractivity contribution is -0.386. The number of nitrogens with zero attached hydrogens (tertiary/aromatic N) is 2. The van der Waals surface area contributed by atoms with E-state index >= 15 is 0 Å². The maximum absolute atomic E-state index is 11.1. The van der Waals surface area contributed by atoms with Crippen molar-refractivity contribution in [2.45, 2.75) is 26.0 Å². The summed E-state index contributed by atoms with van der Waals surface area (Å²) in [7, 11) is 0. The molecule has 0 bridgehead atoms. The van der Waals surface area contributed by atoms with E-state index in [9.17, 15) is 15.2 Å². The van der Waals surface area contributed by atoms with E-state index in [2.05, 4.69) is 0 Å². The quantitative estimate of drug-likeness (QED) is 0.656. The molecule has 7 nitrogen and oxygen atoms in total. The highest BCUT2D eigenvalue weighted by molar-refractivity contribution is 5.60. The van der Waals surface area contributed by atoms with Crippen LogP contribution in [0.3, 0.4) is 0 Å². The van der Waals surface area contributed by atoms with E-state index in [1.807, 2.05) is 18.7 Å². The maximum Gasteiger partial charge on any atom is 0.311 e. The molecule has 1 aromatic rings. The number of hydrogen-bond donors (Lipinski definition) is 1. The number of morpholine rings is 1. The van der Waals surface area contributed by atoms with E-state index in [0.717, 1.165) is 5.69 Å². The summed E-state index contributed by atoms with van der Waals surface area (Å²) in [5, 5.41) is 20.5. The molecule has 1 aromatic carbocycles. The van der Waals surface area contributed by atoms with Gasteiger partial charge in [-0.3, -0.25) is 10.1 Å². The fraction of sp³-hybridized carbons (Fsp3) is 0.571. The minimum atomic E-state index is -0.454. The summed E-state index contributed by atoms with van der Waals surface area (Å²) < 4.78 is 10.9. The third-order valence-electron chi connectivity index (χ3n) is 3.27. The molecule has 21 heavy (non-hydrogen) atoms. The molecule has 1 heterocycles. The average Bonchev–Trinajstić information content (AvgIpc) is 2.46. The van der Waals surface area contributed by atoms with Crippen LogP contribution in [0.2, 0.25) is 0 Å². The normalized spacial score (nSPS) is 18.9. The number of anilines is 1.